The Labute approximate surface area is 124 Å². The van der Waals surface area contributed by atoms with E-state index in [0.29, 0.717) is 17.4 Å². The molecule has 0 radical (unpaired) electrons. The molecule has 0 spiro atoms. The number of hydrogen-bond donors (Lipinski definition) is 1. The minimum atomic E-state index is -3.27. The number of aromatic nitrogens is 2. The second-order valence-corrected chi connectivity index (χ2v) is 6.55. The SMILES string of the molecule is CCNc1ncnc(Oc2cccc(S(C)(=O)=O)c2)c1C. The predicted octanol–water partition coefficient (Wildman–Crippen LogP) is 2.41. The quantitative estimate of drug-likeness (QED) is 0.913. The van der Waals surface area contributed by atoms with E-state index in [1.54, 1.807) is 12.1 Å². The predicted molar refractivity (Wildman–Crippen MR) is 80.6 cm³/mol. The summed E-state index contributed by atoms with van der Waals surface area (Å²) in [6, 6.07) is 6.32. The molecule has 1 N–H and O–H groups in total. The van der Waals surface area contributed by atoms with E-state index >= 15 is 0 Å². The van der Waals surface area contributed by atoms with Crippen LogP contribution in [0.25, 0.3) is 0 Å². The maximum Gasteiger partial charge on any atom is 0.227 e. The highest BCUT2D eigenvalue weighted by Gasteiger charge is 2.11. The zero-order valence-electron chi connectivity index (χ0n) is 12.1. The Morgan fingerprint density at radius 3 is 2.71 bits per heavy atom. The molecular weight excluding hydrogens is 290 g/mol. The van der Waals surface area contributed by atoms with Gasteiger partial charge >= 0.3 is 0 Å². The molecule has 0 unspecified atom stereocenters. The third-order valence-electron chi connectivity index (χ3n) is 2.83. The van der Waals surface area contributed by atoms with Crippen LogP contribution in [0.2, 0.25) is 0 Å². The van der Waals surface area contributed by atoms with Crippen LogP contribution in [0.1, 0.15) is 12.5 Å². The van der Waals surface area contributed by atoms with Gasteiger partial charge in [-0.15, -0.1) is 0 Å². The first-order valence-corrected chi connectivity index (χ1v) is 8.34. The van der Waals surface area contributed by atoms with Crippen molar-refractivity contribution >= 4 is 15.7 Å². The molecule has 6 nitrogen and oxygen atoms in total. The van der Waals surface area contributed by atoms with Crippen molar-refractivity contribution in [3.63, 3.8) is 0 Å². The number of nitrogens with one attached hydrogen (secondary N) is 1. The molecule has 2 rings (SSSR count). The molecule has 1 heterocycles. The third-order valence-corrected chi connectivity index (χ3v) is 3.94. The molecule has 1 aromatic heterocycles. The molecule has 0 aliphatic heterocycles. The highest BCUT2D eigenvalue weighted by Crippen LogP contribution is 2.27. The molecule has 1 aromatic carbocycles. The van der Waals surface area contributed by atoms with E-state index in [0.717, 1.165) is 18.4 Å². The molecule has 21 heavy (non-hydrogen) atoms. The van der Waals surface area contributed by atoms with Crippen LogP contribution in [-0.2, 0) is 9.84 Å². The maximum atomic E-state index is 11.6. The van der Waals surface area contributed by atoms with Gasteiger partial charge in [-0.1, -0.05) is 6.07 Å². The van der Waals surface area contributed by atoms with E-state index in [9.17, 15) is 8.42 Å². The summed E-state index contributed by atoms with van der Waals surface area (Å²) in [7, 11) is -3.27. The minimum absolute atomic E-state index is 0.207. The van der Waals surface area contributed by atoms with Crippen LogP contribution in [0.15, 0.2) is 35.5 Å². The summed E-state index contributed by atoms with van der Waals surface area (Å²) in [6.07, 6.45) is 2.56. The molecule has 112 valence electrons. The lowest BCUT2D eigenvalue weighted by Gasteiger charge is -2.11. The molecule has 0 atom stereocenters. The summed E-state index contributed by atoms with van der Waals surface area (Å²) >= 11 is 0. The first-order chi connectivity index (χ1) is 9.91. The van der Waals surface area contributed by atoms with Crippen LogP contribution in [0.3, 0.4) is 0 Å². The van der Waals surface area contributed by atoms with Gasteiger partial charge in [0.1, 0.15) is 17.9 Å². The van der Waals surface area contributed by atoms with Crippen LogP contribution in [0.4, 0.5) is 5.82 Å². The number of benzene rings is 1. The molecule has 0 aliphatic carbocycles. The van der Waals surface area contributed by atoms with Crippen molar-refractivity contribution in [2.24, 2.45) is 0 Å². The van der Waals surface area contributed by atoms with Crippen LogP contribution in [-0.4, -0.2) is 31.2 Å². The van der Waals surface area contributed by atoms with Crippen LogP contribution in [0.5, 0.6) is 11.6 Å². The lowest BCUT2D eigenvalue weighted by Crippen LogP contribution is -2.04. The molecule has 0 fully saturated rings. The standard InChI is InChI=1S/C14H17N3O3S/c1-4-15-13-10(2)14(17-9-16-13)20-11-6-5-7-12(8-11)21(3,18)19/h5-9H,4H2,1-3H3,(H,15,16,17). The van der Waals surface area contributed by atoms with E-state index in [-0.39, 0.29) is 4.90 Å². The van der Waals surface area contributed by atoms with Gasteiger partial charge in [0, 0.05) is 12.8 Å². The number of ether oxygens (including phenoxy) is 1. The van der Waals surface area contributed by atoms with Gasteiger partial charge < -0.3 is 10.1 Å². The van der Waals surface area contributed by atoms with E-state index < -0.39 is 9.84 Å². The highest BCUT2D eigenvalue weighted by atomic mass is 32.2. The van der Waals surface area contributed by atoms with Gasteiger partial charge in [-0.3, -0.25) is 0 Å². The topological polar surface area (TPSA) is 81.2 Å². The molecule has 0 saturated heterocycles. The number of nitrogens with zero attached hydrogens (tertiary/aromatic N) is 2. The molecule has 0 amide bonds. The fourth-order valence-electron chi connectivity index (χ4n) is 1.76. The number of rotatable bonds is 5. The summed E-state index contributed by atoms with van der Waals surface area (Å²) in [6.45, 7) is 4.55. The Morgan fingerprint density at radius 2 is 2.05 bits per heavy atom. The third kappa shape index (κ3) is 3.69. The van der Waals surface area contributed by atoms with E-state index in [1.807, 2.05) is 13.8 Å². The monoisotopic (exact) mass is 307 g/mol. The van der Waals surface area contributed by atoms with Crippen molar-refractivity contribution in [1.82, 2.24) is 9.97 Å². The van der Waals surface area contributed by atoms with Gasteiger partial charge in [-0.25, -0.2) is 18.4 Å². The maximum absolute atomic E-state index is 11.6. The van der Waals surface area contributed by atoms with Gasteiger partial charge in [-0.2, -0.15) is 0 Å². The summed E-state index contributed by atoms with van der Waals surface area (Å²) in [4.78, 5) is 8.42. The van der Waals surface area contributed by atoms with Crippen molar-refractivity contribution in [3.8, 4) is 11.6 Å². The fraction of sp³-hybridized carbons (Fsp3) is 0.286. The van der Waals surface area contributed by atoms with Gasteiger partial charge in [0.05, 0.1) is 10.5 Å². The highest BCUT2D eigenvalue weighted by molar-refractivity contribution is 7.90. The van der Waals surface area contributed by atoms with Crippen molar-refractivity contribution in [2.45, 2.75) is 18.7 Å². The molecule has 2 aromatic rings. The van der Waals surface area contributed by atoms with Crippen molar-refractivity contribution < 1.29 is 13.2 Å². The molecule has 0 aliphatic rings. The lowest BCUT2D eigenvalue weighted by atomic mass is 10.3. The van der Waals surface area contributed by atoms with Crippen LogP contribution in [0, 0.1) is 6.92 Å². The Bertz CT molecular complexity index is 745. The Hall–Kier alpha value is -2.15. The van der Waals surface area contributed by atoms with E-state index in [4.69, 9.17) is 4.74 Å². The second-order valence-electron chi connectivity index (χ2n) is 4.53. The number of sulfone groups is 1. The smallest absolute Gasteiger partial charge is 0.227 e. The Morgan fingerprint density at radius 1 is 1.29 bits per heavy atom. The Balaban J connectivity index is 2.33. The first kappa shape index (κ1) is 15.2. The zero-order valence-corrected chi connectivity index (χ0v) is 12.9. The Kier molecular flexibility index (Phi) is 4.42. The summed E-state index contributed by atoms with van der Waals surface area (Å²) < 4.78 is 28.8. The molecule has 7 heteroatoms. The second kappa shape index (κ2) is 6.09. The largest absolute Gasteiger partial charge is 0.439 e. The molecular formula is C14H17N3O3S. The van der Waals surface area contributed by atoms with Crippen LogP contribution >= 0.6 is 0 Å². The summed E-state index contributed by atoms with van der Waals surface area (Å²) in [5, 5.41) is 3.11. The van der Waals surface area contributed by atoms with Crippen molar-refractivity contribution in [2.75, 3.05) is 18.1 Å². The van der Waals surface area contributed by atoms with Crippen molar-refractivity contribution in [3.05, 3.63) is 36.2 Å². The number of anilines is 1. The minimum Gasteiger partial charge on any atom is -0.439 e. The van der Waals surface area contributed by atoms with E-state index in [1.165, 1.54) is 18.5 Å². The zero-order chi connectivity index (χ0) is 15.5. The van der Waals surface area contributed by atoms with Gasteiger partial charge in [0.25, 0.3) is 0 Å². The number of hydrogen-bond acceptors (Lipinski definition) is 6. The summed E-state index contributed by atoms with van der Waals surface area (Å²) in [5.74, 6) is 1.51. The van der Waals surface area contributed by atoms with Crippen LogP contribution < -0.4 is 10.1 Å². The first-order valence-electron chi connectivity index (χ1n) is 6.45. The molecule has 0 saturated carbocycles. The summed E-state index contributed by atoms with van der Waals surface area (Å²) in [5.41, 5.74) is 0.768. The fourth-order valence-corrected chi connectivity index (χ4v) is 2.42. The average Bonchev–Trinajstić information content (AvgIpc) is 2.43. The van der Waals surface area contributed by atoms with Crippen molar-refractivity contribution in [1.29, 1.82) is 0 Å². The normalized spacial score (nSPS) is 11.2. The molecule has 0 bridgehead atoms. The average molecular weight is 307 g/mol. The van der Waals surface area contributed by atoms with Gasteiger partial charge in [-0.05, 0) is 32.0 Å². The van der Waals surface area contributed by atoms with Gasteiger partial charge in [0.2, 0.25) is 5.88 Å². The van der Waals surface area contributed by atoms with Gasteiger partial charge in [0.15, 0.2) is 9.84 Å². The lowest BCUT2D eigenvalue weighted by molar-refractivity contribution is 0.456. The van der Waals surface area contributed by atoms with E-state index in [2.05, 4.69) is 15.3 Å².